The van der Waals surface area contributed by atoms with Gasteiger partial charge in [0.25, 0.3) is 0 Å². The van der Waals surface area contributed by atoms with Gasteiger partial charge in [-0.05, 0) is 54.1 Å². The molecule has 1 heterocycles. The number of halogens is 6. The van der Waals surface area contributed by atoms with Crippen molar-refractivity contribution in [2.45, 2.75) is 18.4 Å². The van der Waals surface area contributed by atoms with Crippen LogP contribution in [0.2, 0.25) is 0 Å². The summed E-state index contributed by atoms with van der Waals surface area (Å²) in [5.41, 5.74) is -2.19. The molecule has 11 heteroatoms. The van der Waals surface area contributed by atoms with Crippen molar-refractivity contribution in [3.8, 4) is 6.07 Å². The summed E-state index contributed by atoms with van der Waals surface area (Å²) in [7, 11) is 0. The second kappa shape index (κ2) is 9.20. The third kappa shape index (κ3) is 5.79. The van der Waals surface area contributed by atoms with Crippen molar-refractivity contribution in [3.63, 3.8) is 0 Å². The third-order valence-electron chi connectivity index (χ3n) is 4.54. The van der Waals surface area contributed by atoms with Crippen LogP contribution in [0.15, 0.2) is 66.9 Å². The molecule has 2 aromatic carbocycles. The summed E-state index contributed by atoms with van der Waals surface area (Å²) in [5.74, 6) is 0. The lowest BCUT2D eigenvalue weighted by molar-refractivity contribution is -0.139. The van der Waals surface area contributed by atoms with E-state index in [4.69, 9.17) is 5.26 Å². The van der Waals surface area contributed by atoms with E-state index in [0.29, 0.717) is 17.7 Å². The molecule has 0 aliphatic rings. The molecule has 170 valence electrons. The Hall–Kier alpha value is -4.07. The van der Waals surface area contributed by atoms with E-state index in [9.17, 15) is 31.1 Å². The van der Waals surface area contributed by atoms with Gasteiger partial charge in [-0.3, -0.25) is 4.98 Å². The number of aromatic nitrogens is 1. The minimum absolute atomic E-state index is 0.0396. The average molecular weight is 464 g/mol. The molecule has 2 amide bonds. The highest BCUT2D eigenvalue weighted by molar-refractivity contribution is 5.89. The molecule has 0 spiro atoms. The number of benzene rings is 2. The Bertz CT molecular complexity index is 1170. The Balaban J connectivity index is 1.97. The topological polar surface area (TPSA) is 77.8 Å². The molecule has 5 nitrogen and oxygen atoms in total. The molecular weight excluding hydrogens is 450 g/mol. The normalized spacial score (nSPS) is 12.5. The van der Waals surface area contributed by atoms with Gasteiger partial charge in [0.1, 0.15) is 0 Å². The van der Waals surface area contributed by atoms with Crippen LogP contribution in [0.25, 0.3) is 0 Å². The Kier molecular flexibility index (Phi) is 6.57. The first-order valence-electron chi connectivity index (χ1n) is 9.26. The number of amides is 2. The number of anilines is 1. The van der Waals surface area contributed by atoms with E-state index < -0.39 is 41.2 Å². The van der Waals surface area contributed by atoms with Crippen LogP contribution < -0.4 is 10.6 Å². The zero-order valence-corrected chi connectivity index (χ0v) is 16.5. The van der Waals surface area contributed by atoms with Gasteiger partial charge in [0.15, 0.2) is 0 Å². The molecule has 1 atom stereocenters. The number of nitrogens with zero attached hydrogens (tertiary/aromatic N) is 2. The molecule has 33 heavy (non-hydrogen) atoms. The maximum atomic E-state index is 13.6. The fourth-order valence-corrected chi connectivity index (χ4v) is 2.99. The Morgan fingerprint density at radius 1 is 0.909 bits per heavy atom. The number of nitrogens with one attached hydrogen (secondary N) is 2. The average Bonchev–Trinajstić information content (AvgIpc) is 2.77. The number of hydrogen-bond acceptors (Lipinski definition) is 3. The summed E-state index contributed by atoms with van der Waals surface area (Å²) in [6.07, 6.45) is -8.38. The molecule has 1 aromatic heterocycles. The highest BCUT2D eigenvalue weighted by atomic mass is 19.4. The minimum atomic E-state index is -4.82. The summed E-state index contributed by atoms with van der Waals surface area (Å²) in [6.45, 7) is 0. The fourth-order valence-electron chi connectivity index (χ4n) is 2.99. The first-order chi connectivity index (χ1) is 15.5. The van der Waals surface area contributed by atoms with Gasteiger partial charge in [0.2, 0.25) is 0 Å². The zero-order chi connectivity index (χ0) is 24.2. The van der Waals surface area contributed by atoms with E-state index in [1.807, 2.05) is 6.07 Å². The van der Waals surface area contributed by atoms with Crippen molar-refractivity contribution in [1.82, 2.24) is 10.3 Å². The van der Waals surface area contributed by atoms with E-state index >= 15 is 0 Å². The lowest BCUT2D eigenvalue weighted by Gasteiger charge is -2.23. The largest absolute Gasteiger partial charge is 0.418 e. The third-order valence-corrected chi connectivity index (χ3v) is 4.54. The molecule has 0 fully saturated rings. The molecule has 2 N–H and O–H groups in total. The molecule has 0 saturated heterocycles. The summed E-state index contributed by atoms with van der Waals surface area (Å²) in [6, 6.07) is 10.3. The highest BCUT2D eigenvalue weighted by Gasteiger charge is 2.37. The predicted molar refractivity (Wildman–Crippen MR) is 106 cm³/mol. The number of alkyl halides is 6. The number of nitriles is 1. The molecule has 0 aliphatic heterocycles. The summed E-state index contributed by atoms with van der Waals surface area (Å²) >= 11 is 0. The maximum absolute atomic E-state index is 13.6. The summed E-state index contributed by atoms with van der Waals surface area (Å²) in [4.78, 5) is 16.3. The number of carbonyl (C=O) groups is 1. The van der Waals surface area contributed by atoms with Gasteiger partial charge in [-0.15, -0.1) is 0 Å². The number of hydrogen-bond donors (Lipinski definition) is 2. The summed E-state index contributed by atoms with van der Waals surface area (Å²) < 4.78 is 79.4. The van der Waals surface area contributed by atoms with Gasteiger partial charge < -0.3 is 10.6 Å². The van der Waals surface area contributed by atoms with E-state index in [-0.39, 0.29) is 11.3 Å². The lowest BCUT2D eigenvalue weighted by atomic mass is 9.98. The van der Waals surface area contributed by atoms with Crippen LogP contribution in [0.4, 0.5) is 36.8 Å². The Labute approximate surface area is 183 Å². The second-order valence-electron chi connectivity index (χ2n) is 6.77. The van der Waals surface area contributed by atoms with Gasteiger partial charge in [0.05, 0.1) is 34.5 Å². The minimum Gasteiger partial charge on any atom is -0.325 e. The Morgan fingerprint density at radius 2 is 1.55 bits per heavy atom. The molecule has 0 aliphatic carbocycles. The van der Waals surface area contributed by atoms with E-state index in [1.165, 1.54) is 24.3 Å². The van der Waals surface area contributed by atoms with Crippen LogP contribution in [-0.2, 0) is 12.4 Å². The van der Waals surface area contributed by atoms with Crippen molar-refractivity contribution < 1.29 is 31.1 Å². The van der Waals surface area contributed by atoms with Crippen LogP contribution >= 0.6 is 0 Å². The second-order valence-corrected chi connectivity index (χ2v) is 6.77. The standard InChI is InChI=1S/C22H14F6N4O/c23-21(24,25)15-7-5-14(6-8-15)18(19-17(22(26,27)28)2-1-11-30-19)32-20(33)31-16-9-3-13(12-29)4-10-16/h1-11,18H,(H2,31,32,33). The monoisotopic (exact) mass is 464 g/mol. The SMILES string of the molecule is N#Cc1ccc(NC(=O)NC(c2ccc(C(F)(F)F)cc2)c2ncccc2C(F)(F)F)cc1. The molecule has 0 radical (unpaired) electrons. The van der Waals surface area contributed by atoms with Crippen molar-refractivity contribution in [2.24, 2.45) is 0 Å². The predicted octanol–water partition coefficient (Wildman–Crippen LogP) is 5.90. The maximum Gasteiger partial charge on any atom is 0.418 e. The smallest absolute Gasteiger partial charge is 0.325 e. The van der Waals surface area contributed by atoms with Crippen molar-refractivity contribution in [2.75, 3.05) is 5.32 Å². The van der Waals surface area contributed by atoms with Crippen molar-refractivity contribution >= 4 is 11.7 Å². The van der Waals surface area contributed by atoms with E-state index in [1.54, 1.807) is 0 Å². The Morgan fingerprint density at radius 3 is 2.09 bits per heavy atom. The van der Waals surface area contributed by atoms with Crippen LogP contribution in [-0.4, -0.2) is 11.0 Å². The molecule has 0 saturated carbocycles. The zero-order valence-electron chi connectivity index (χ0n) is 16.5. The van der Waals surface area contributed by atoms with Crippen molar-refractivity contribution in [1.29, 1.82) is 5.26 Å². The molecular formula is C22H14F6N4O. The fraction of sp³-hybridized carbons (Fsp3) is 0.136. The number of rotatable bonds is 4. The molecule has 3 rings (SSSR count). The van der Waals surface area contributed by atoms with E-state index in [2.05, 4.69) is 15.6 Å². The molecule has 3 aromatic rings. The van der Waals surface area contributed by atoms with Gasteiger partial charge in [-0.1, -0.05) is 12.1 Å². The number of urea groups is 1. The van der Waals surface area contributed by atoms with Crippen LogP contribution in [0.1, 0.15) is 34.0 Å². The first-order valence-corrected chi connectivity index (χ1v) is 9.26. The quantitative estimate of drug-likeness (QED) is 0.472. The molecule has 1 unspecified atom stereocenters. The van der Waals surface area contributed by atoms with Crippen molar-refractivity contribution in [3.05, 3.63) is 94.8 Å². The van der Waals surface area contributed by atoms with Gasteiger partial charge >= 0.3 is 18.4 Å². The first kappa shape index (κ1) is 23.6. The lowest BCUT2D eigenvalue weighted by Crippen LogP contribution is -2.35. The highest BCUT2D eigenvalue weighted by Crippen LogP contribution is 2.36. The van der Waals surface area contributed by atoms with Gasteiger partial charge in [-0.25, -0.2) is 4.79 Å². The van der Waals surface area contributed by atoms with Gasteiger partial charge in [0, 0.05) is 11.9 Å². The van der Waals surface area contributed by atoms with Crippen LogP contribution in [0, 0.1) is 11.3 Å². The summed E-state index contributed by atoms with van der Waals surface area (Å²) in [5, 5.41) is 13.6. The molecule has 0 bridgehead atoms. The van der Waals surface area contributed by atoms with E-state index in [0.717, 1.165) is 30.5 Å². The number of pyridine rings is 1. The number of carbonyl (C=O) groups excluding carboxylic acids is 1. The van der Waals surface area contributed by atoms with Gasteiger partial charge in [-0.2, -0.15) is 31.6 Å². The van der Waals surface area contributed by atoms with Crippen LogP contribution in [0.5, 0.6) is 0 Å². The van der Waals surface area contributed by atoms with Crippen LogP contribution in [0.3, 0.4) is 0 Å².